The molecular formula is C18H20OS. The molecule has 0 bridgehead atoms. The molecule has 0 atom stereocenters. The SMILES string of the molecule is Cc1cc(/C=C/C(=O)c2ccc(C(C)C)cc2)c(C)s1. The molecule has 104 valence electrons. The van der Waals surface area contributed by atoms with Crippen molar-refractivity contribution in [2.75, 3.05) is 0 Å². The van der Waals surface area contributed by atoms with Crippen LogP contribution in [0, 0.1) is 13.8 Å². The maximum absolute atomic E-state index is 12.1. The Labute approximate surface area is 125 Å². The first kappa shape index (κ1) is 14.7. The molecule has 0 aliphatic rings. The van der Waals surface area contributed by atoms with Crippen molar-refractivity contribution in [2.24, 2.45) is 0 Å². The minimum atomic E-state index is 0.0589. The van der Waals surface area contributed by atoms with E-state index in [1.54, 1.807) is 17.4 Å². The van der Waals surface area contributed by atoms with E-state index in [1.807, 2.05) is 30.3 Å². The van der Waals surface area contributed by atoms with Crippen LogP contribution in [0.25, 0.3) is 6.08 Å². The van der Waals surface area contributed by atoms with E-state index in [-0.39, 0.29) is 5.78 Å². The average Bonchev–Trinajstić information content (AvgIpc) is 2.74. The van der Waals surface area contributed by atoms with Gasteiger partial charge in [-0.1, -0.05) is 38.1 Å². The highest BCUT2D eigenvalue weighted by Crippen LogP contribution is 2.22. The molecule has 1 nitrogen and oxygen atoms in total. The number of hydrogen-bond donors (Lipinski definition) is 0. The Hall–Kier alpha value is -1.67. The number of allylic oxidation sites excluding steroid dienone is 1. The third kappa shape index (κ3) is 3.45. The van der Waals surface area contributed by atoms with Crippen LogP contribution in [0.1, 0.15) is 51.0 Å². The molecule has 0 unspecified atom stereocenters. The average molecular weight is 284 g/mol. The van der Waals surface area contributed by atoms with Gasteiger partial charge in [-0.25, -0.2) is 0 Å². The van der Waals surface area contributed by atoms with Crippen molar-refractivity contribution in [3.05, 3.63) is 62.9 Å². The molecular weight excluding hydrogens is 264 g/mol. The Morgan fingerprint density at radius 2 is 1.80 bits per heavy atom. The van der Waals surface area contributed by atoms with Crippen LogP contribution in [0.4, 0.5) is 0 Å². The van der Waals surface area contributed by atoms with Crippen LogP contribution in [0.2, 0.25) is 0 Å². The summed E-state index contributed by atoms with van der Waals surface area (Å²) in [6.07, 6.45) is 3.58. The summed E-state index contributed by atoms with van der Waals surface area (Å²) in [5.41, 5.74) is 3.14. The van der Waals surface area contributed by atoms with Crippen LogP contribution in [-0.2, 0) is 0 Å². The predicted octanol–water partition coefficient (Wildman–Crippen LogP) is 5.38. The second kappa shape index (κ2) is 6.19. The predicted molar refractivity (Wildman–Crippen MR) is 87.7 cm³/mol. The molecule has 1 aromatic heterocycles. The Bertz CT molecular complexity index is 630. The minimum Gasteiger partial charge on any atom is -0.289 e. The fraction of sp³-hybridized carbons (Fsp3) is 0.278. The van der Waals surface area contributed by atoms with Crippen molar-refractivity contribution in [1.82, 2.24) is 0 Å². The fourth-order valence-electron chi connectivity index (χ4n) is 2.11. The zero-order valence-electron chi connectivity index (χ0n) is 12.4. The van der Waals surface area contributed by atoms with Gasteiger partial charge < -0.3 is 0 Å². The van der Waals surface area contributed by atoms with E-state index >= 15 is 0 Å². The molecule has 0 saturated carbocycles. The Morgan fingerprint density at radius 3 is 2.30 bits per heavy atom. The number of carbonyl (C=O) groups is 1. The van der Waals surface area contributed by atoms with Gasteiger partial charge in [-0.2, -0.15) is 0 Å². The van der Waals surface area contributed by atoms with Gasteiger partial charge in [-0.15, -0.1) is 11.3 Å². The number of aryl methyl sites for hydroxylation is 2. The Morgan fingerprint density at radius 1 is 1.15 bits per heavy atom. The van der Waals surface area contributed by atoms with Gasteiger partial charge in [0.2, 0.25) is 0 Å². The number of hydrogen-bond acceptors (Lipinski definition) is 2. The quantitative estimate of drug-likeness (QED) is 0.544. The van der Waals surface area contributed by atoms with Crippen LogP contribution in [0.5, 0.6) is 0 Å². The summed E-state index contributed by atoms with van der Waals surface area (Å²) in [6, 6.07) is 10.0. The number of rotatable bonds is 4. The Kier molecular flexibility index (Phi) is 4.56. The van der Waals surface area contributed by atoms with Gasteiger partial charge in [-0.3, -0.25) is 4.79 Å². The zero-order chi connectivity index (χ0) is 14.7. The number of ketones is 1. The topological polar surface area (TPSA) is 17.1 Å². The zero-order valence-corrected chi connectivity index (χ0v) is 13.3. The van der Waals surface area contributed by atoms with Crippen LogP contribution in [-0.4, -0.2) is 5.78 Å². The largest absolute Gasteiger partial charge is 0.289 e. The third-order valence-electron chi connectivity index (χ3n) is 3.36. The lowest BCUT2D eigenvalue weighted by atomic mass is 10.0. The van der Waals surface area contributed by atoms with E-state index in [0.29, 0.717) is 5.92 Å². The molecule has 0 N–H and O–H groups in total. The van der Waals surface area contributed by atoms with Crippen molar-refractivity contribution < 1.29 is 4.79 Å². The smallest absolute Gasteiger partial charge is 0.185 e. The van der Waals surface area contributed by atoms with Crippen LogP contribution < -0.4 is 0 Å². The van der Waals surface area contributed by atoms with Crippen molar-refractivity contribution >= 4 is 23.2 Å². The number of thiophene rings is 1. The van der Waals surface area contributed by atoms with E-state index in [2.05, 4.69) is 33.8 Å². The van der Waals surface area contributed by atoms with E-state index < -0.39 is 0 Å². The second-order valence-corrected chi connectivity index (χ2v) is 6.80. The summed E-state index contributed by atoms with van der Waals surface area (Å²) in [6.45, 7) is 8.47. The molecule has 0 spiro atoms. The number of benzene rings is 1. The molecule has 2 aromatic rings. The highest BCUT2D eigenvalue weighted by atomic mass is 32.1. The lowest BCUT2D eigenvalue weighted by Crippen LogP contribution is -1.95. The van der Waals surface area contributed by atoms with Gasteiger partial charge in [0, 0.05) is 15.3 Å². The van der Waals surface area contributed by atoms with Crippen LogP contribution >= 0.6 is 11.3 Å². The lowest BCUT2D eigenvalue weighted by molar-refractivity contribution is 0.104. The molecule has 0 amide bonds. The first-order chi connectivity index (χ1) is 9.47. The third-order valence-corrected chi connectivity index (χ3v) is 4.34. The summed E-state index contributed by atoms with van der Waals surface area (Å²) in [5, 5.41) is 0. The first-order valence-electron chi connectivity index (χ1n) is 6.87. The van der Waals surface area contributed by atoms with E-state index in [4.69, 9.17) is 0 Å². The van der Waals surface area contributed by atoms with E-state index in [0.717, 1.165) is 11.1 Å². The van der Waals surface area contributed by atoms with Gasteiger partial charge in [0.25, 0.3) is 0 Å². The van der Waals surface area contributed by atoms with E-state index in [9.17, 15) is 4.79 Å². The molecule has 20 heavy (non-hydrogen) atoms. The standard InChI is InChI=1S/C18H20OS/c1-12(2)15-5-7-16(8-6-15)18(19)10-9-17-11-13(3)20-14(17)4/h5-12H,1-4H3/b10-9+. The fourth-order valence-corrected chi connectivity index (χ4v) is 3.02. The van der Waals surface area contributed by atoms with Gasteiger partial charge >= 0.3 is 0 Å². The van der Waals surface area contributed by atoms with Crippen molar-refractivity contribution in [1.29, 1.82) is 0 Å². The molecule has 0 aliphatic carbocycles. The monoisotopic (exact) mass is 284 g/mol. The summed E-state index contributed by atoms with van der Waals surface area (Å²) >= 11 is 1.76. The highest BCUT2D eigenvalue weighted by Gasteiger charge is 2.05. The maximum Gasteiger partial charge on any atom is 0.185 e. The molecule has 1 heterocycles. The summed E-state index contributed by atoms with van der Waals surface area (Å²) < 4.78 is 0. The van der Waals surface area contributed by atoms with E-state index in [1.165, 1.54) is 15.3 Å². The van der Waals surface area contributed by atoms with Gasteiger partial charge in [-0.05, 0) is 49.1 Å². The molecule has 0 saturated heterocycles. The summed E-state index contributed by atoms with van der Waals surface area (Å²) in [7, 11) is 0. The molecule has 2 rings (SSSR count). The normalized spacial score (nSPS) is 11.4. The Balaban J connectivity index is 2.13. The number of carbonyl (C=O) groups excluding carboxylic acids is 1. The lowest BCUT2D eigenvalue weighted by Gasteiger charge is -2.05. The highest BCUT2D eigenvalue weighted by molar-refractivity contribution is 7.12. The van der Waals surface area contributed by atoms with Crippen molar-refractivity contribution in [3.63, 3.8) is 0 Å². The summed E-state index contributed by atoms with van der Waals surface area (Å²) in [4.78, 5) is 14.7. The minimum absolute atomic E-state index is 0.0589. The molecule has 0 aliphatic heterocycles. The molecule has 0 fully saturated rings. The van der Waals surface area contributed by atoms with Crippen LogP contribution in [0.3, 0.4) is 0 Å². The van der Waals surface area contributed by atoms with Gasteiger partial charge in [0.15, 0.2) is 5.78 Å². The molecule has 0 radical (unpaired) electrons. The first-order valence-corrected chi connectivity index (χ1v) is 7.68. The maximum atomic E-state index is 12.1. The van der Waals surface area contributed by atoms with Crippen molar-refractivity contribution in [3.8, 4) is 0 Å². The van der Waals surface area contributed by atoms with Crippen LogP contribution in [0.15, 0.2) is 36.4 Å². The van der Waals surface area contributed by atoms with Gasteiger partial charge in [0.05, 0.1) is 0 Å². The van der Waals surface area contributed by atoms with Gasteiger partial charge in [0.1, 0.15) is 0 Å². The molecule has 2 heteroatoms. The molecule has 1 aromatic carbocycles. The summed E-state index contributed by atoms with van der Waals surface area (Å²) in [5.74, 6) is 0.551. The second-order valence-electron chi connectivity index (χ2n) is 5.34. The van der Waals surface area contributed by atoms with Crippen molar-refractivity contribution in [2.45, 2.75) is 33.6 Å².